The number of aromatic nitrogens is 2. The minimum absolute atomic E-state index is 0.135. The lowest BCUT2D eigenvalue weighted by Gasteiger charge is -2.26. The molecule has 0 saturated carbocycles. The summed E-state index contributed by atoms with van der Waals surface area (Å²) in [4.78, 5) is 22.6. The van der Waals surface area contributed by atoms with Gasteiger partial charge in [-0.25, -0.2) is 9.97 Å². The first-order chi connectivity index (χ1) is 14.7. The van der Waals surface area contributed by atoms with Gasteiger partial charge in [0.2, 0.25) is 17.7 Å². The summed E-state index contributed by atoms with van der Waals surface area (Å²) in [6, 6.07) is 11.3. The molecule has 4 rings (SSSR count). The number of amides is 1. The number of para-hydroxylation sites is 2. The maximum Gasteiger partial charge on any atom is 0.223 e. The average molecular weight is 406 g/mol. The highest BCUT2D eigenvalue weighted by atomic mass is 16.5. The number of carbonyl (C=O) groups excluding carboxylic acids is 1. The number of rotatable bonds is 6. The van der Waals surface area contributed by atoms with Crippen molar-refractivity contribution in [1.29, 1.82) is 5.26 Å². The van der Waals surface area contributed by atoms with Crippen LogP contribution in [0.3, 0.4) is 0 Å². The normalized spacial score (nSPS) is 16.7. The second kappa shape index (κ2) is 9.24. The van der Waals surface area contributed by atoms with E-state index in [0.717, 1.165) is 5.69 Å². The van der Waals surface area contributed by atoms with Crippen LogP contribution in [0.5, 0.6) is 5.75 Å². The number of anilines is 2. The number of ether oxygens (including phenoxy) is 2. The van der Waals surface area contributed by atoms with Crippen LogP contribution in [0.1, 0.15) is 18.5 Å². The van der Waals surface area contributed by atoms with Crippen molar-refractivity contribution in [2.75, 3.05) is 43.5 Å². The van der Waals surface area contributed by atoms with E-state index in [-0.39, 0.29) is 5.91 Å². The molecule has 2 aromatic rings. The number of hydrogen-bond donors (Lipinski definition) is 2. The SMILES string of the molecule is N#C/C(=C1\Nc2ccccc2O1)c1ccnc(NCCCC(=O)N2CCOCC2)n1. The highest BCUT2D eigenvalue weighted by Crippen LogP contribution is 2.35. The van der Waals surface area contributed by atoms with Gasteiger partial charge in [-0.05, 0) is 24.6 Å². The quantitative estimate of drug-likeness (QED) is 0.555. The van der Waals surface area contributed by atoms with E-state index in [1.165, 1.54) is 0 Å². The minimum atomic E-state index is 0.135. The number of nitrogens with zero attached hydrogens (tertiary/aromatic N) is 4. The van der Waals surface area contributed by atoms with E-state index in [1.807, 2.05) is 29.2 Å². The molecule has 1 aromatic heterocycles. The fourth-order valence-electron chi connectivity index (χ4n) is 3.25. The molecule has 1 saturated heterocycles. The summed E-state index contributed by atoms with van der Waals surface area (Å²) in [5.41, 5.74) is 1.55. The van der Waals surface area contributed by atoms with E-state index in [0.29, 0.717) is 74.5 Å². The van der Waals surface area contributed by atoms with Gasteiger partial charge >= 0.3 is 0 Å². The lowest BCUT2D eigenvalue weighted by molar-refractivity contribution is -0.135. The van der Waals surface area contributed by atoms with Crippen LogP contribution in [0, 0.1) is 11.3 Å². The molecule has 1 amide bonds. The lowest BCUT2D eigenvalue weighted by Crippen LogP contribution is -2.40. The fourth-order valence-corrected chi connectivity index (χ4v) is 3.25. The predicted molar refractivity (Wildman–Crippen MR) is 110 cm³/mol. The summed E-state index contributed by atoms with van der Waals surface area (Å²) in [5, 5.41) is 15.9. The number of hydrogen-bond acceptors (Lipinski definition) is 8. The van der Waals surface area contributed by atoms with Gasteiger partial charge in [-0.3, -0.25) is 4.79 Å². The molecule has 0 radical (unpaired) electrons. The first-order valence-corrected chi connectivity index (χ1v) is 9.85. The van der Waals surface area contributed by atoms with E-state index >= 15 is 0 Å². The Labute approximate surface area is 174 Å². The maximum atomic E-state index is 12.2. The Hall–Kier alpha value is -3.64. The van der Waals surface area contributed by atoms with Gasteiger partial charge in [0.15, 0.2) is 5.75 Å². The Morgan fingerprint density at radius 1 is 1.27 bits per heavy atom. The molecule has 0 spiro atoms. The highest BCUT2D eigenvalue weighted by Gasteiger charge is 2.22. The molecule has 2 aliphatic rings. The van der Waals surface area contributed by atoms with Crippen LogP contribution in [0.2, 0.25) is 0 Å². The van der Waals surface area contributed by atoms with Crippen LogP contribution < -0.4 is 15.4 Å². The molecule has 9 heteroatoms. The summed E-state index contributed by atoms with van der Waals surface area (Å²) in [6.07, 6.45) is 2.70. The van der Waals surface area contributed by atoms with E-state index in [1.54, 1.807) is 12.3 Å². The van der Waals surface area contributed by atoms with Crippen LogP contribution in [-0.4, -0.2) is 53.6 Å². The third-order valence-electron chi connectivity index (χ3n) is 4.81. The molecule has 2 aliphatic heterocycles. The standard InChI is InChI=1S/C21H22N6O3/c22-14-15(20-25-17-4-1-2-5-18(17)30-20)16-7-9-24-21(26-16)23-8-3-6-19(28)27-10-12-29-13-11-27/h1-2,4-5,7,9,25H,3,6,8,10-13H2,(H,23,24,26)/b20-15-. The van der Waals surface area contributed by atoms with Gasteiger partial charge in [-0.2, -0.15) is 5.26 Å². The Balaban J connectivity index is 1.35. The number of allylic oxidation sites excluding steroid dienone is 1. The topological polar surface area (TPSA) is 112 Å². The smallest absolute Gasteiger partial charge is 0.223 e. The van der Waals surface area contributed by atoms with Crippen molar-refractivity contribution in [3.8, 4) is 11.8 Å². The van der Waals surface area contributed by atoms with Crippen LogP contribution in [0.15, 0.2) is 42.4 Å². The van der Waals surface area contributed by atoms with Gasteiger partial charge in [0.1, 0.15) is 11.6 Å². The van der Waals surface area contributed by atoms with Gasteiger partial charge in [-0.15, -0.1) is 0 Å². The van der Waals surface area contributed by atoms with Gasteiger partial charge < -0.3 is 25.0 Å². The van der Waals surface area contributed by atoms with Crippen molar-refractivity contribution in [3.63, 3.8) is 0 Å². The molecular formula is C21H22N6O3. The summed E-state index contributed by atoms with van der Waals surface area (Å²) in [5.74, 6) is 1.54. The zero-order valence-corrected chi connectivity index (χ0v) is 16.4. The van der Waals surface area contributed by atoms with Gasteiger partial charge in [0, 0.05) is 32.3 Å². The fraction of sp³-hybridized carbons (Fsp3) is 0.333. The zero-order valence-electron chi connectivity index (χ0n) is 16.4. The number of fused-ring (bicyclic) bond motifs is 1. The lowest BCUT2D eigenvalue weighted by atomic mass is 10.2. The molecule has 0 unspecified atom stereocenters. The van der Waals surface area contributed by atoms with E-state index in [4.69, 9.17) is 9.47 Å². The molecule has 0 atom stereocenters. The first kappa shape index (κ1) is 19.7. The molecule has 0 bridgehead atoms. The predicted octanol–water partition coefficient (Wildman–Crippen LogP) is 2.22. The number of carbonyl (C=O) groups is 1. The molecule has 1 fully saturated rings. The van der Waals surface area contributed by atoms with Gasteiger partial charge in [-0.1, -0.05) is 12.1 Å². The van der Waals surface area contributed by atoms with Crippen molar-refractivity contribution >= 4 is 23.1 Å². The Morgan fingerprint density at radius 2 is 2.10 bits per heavy atom. The van der Waals surface area contributed by atoms with Crippen molar-refractivity contribution in [2.24, 2.45) is 0 Å². The summed E-state index contributed by atoms with van der Waals surface area (Å²) >= 11 is 0. The number of nitrogens with one attached hydrogen (secondary N) is 2. The second-order valence-electron chi connectivity index (χ2n) is 6.83. The third-order valence-corrected chi connectivity index (χ3v) is 4.81. The molecule has 2 N–H and O–H groups in total. The summed E-state index contributed by atoms with van der Waals surface area (Å²) < 4.78 is 11.0. The molecule has 154 valence electrons. The van der Waals surface area contributed by atoms with E-state index in [9.17, 15) is 10.1 Å². The molecule has 9 nitrogen and oxygen atoms in total. The van der Waals surface area contributed by atoms with E-state index < -0.39 is 0 Å². The Morgan fingerprint density at radius 3 is 2.90 bits per heavy atom. The zero-order chi connectivity index (χ0) is 20.8. The average Bonchev–Trinajstić information content (AvgIpc) is 3.22. The monoisotopic (exact) mass is 406 g/mol. The van der Waals surface area contributed by atoms with Crippen LogP contribution >= 0.6 is 0 Å². The molecule has 30 heavy (non-hydrogen) atoms. The van der Waals surface area contributed by atoms with Crippen molar-refractivity contribution in [2.45, 2.75) is 12.8 Å². The van der Waals surface area contributed by atoms with Gasteiger partial charge in [0.05, 0.1) is 24.6 Å². The van der Waals surface area contributed by atoms with E-state index in [2.05, 4.69) is 26.7 Å². The van der Waals surface area contributed by atoms with Gasteiger partial charge in [0.25, 0.3) is 0 Å². The molecular weight excluding hydrogens is 384 g/mol. The molecule has 1 aromatic carbocycles. The third kappa shape index (κ3) is 4.50. The van der Waals surface area contributed by atoms with Crippen LogP contribution in [0.25, 0.3) is 5.57 Å². The molecule has 3 heterocycles. The minimum Gasteiger partial charge on any atom is -0.437 e. The maximum absolute atomic E-state index is 12.2. The Bertz CT molecular complexity index is 967. The number of morpholine rings is 1. The summed E-state index contributed by atoms with van der Waals surface area (Å²) in [6.45, 7) is 3.07. The number of nitriles is 1. The van der Waals surface area contributed by atoms with Crippen LogP contribution in [0.4, 0.5) is 11.6 Å². The molecule has 0 aliphatic carbocycles. The highest BCUT2D eigenvalue weighted by molar-refractivity contribution is 5.81. The first-order valence-electron chi connectivity index (χ1n) is 9.85. The number of benzene rings is 1. The van der Waals surface area contributed by atoms with Crippen molar-refractivity contribution < 1.29 is 14.3 Å². The summed E-state index contributed by atoms with van der Waals surface area (Å²) in [7, 11) is 0. The largest absolute Gasteiger partial charge is 0.437 e. The Kier molecular flexibility index (Phi) is 6.06. The second-order valence-corrected chi connectivity index (χ2v) is 6.83. The van der Waals surface area contributed by atoms with Crippen LogP contribution in [-0.2, 0) is 9.53 Å². The van der Waals surface area contributed by atoms with Crippen molar-refractivity contribution in [3.05, 3.63) is 48.1 Å². The van der Waals surface area contributed by atoms with Crippen molar-refractivity contribution in [1.82, 2.24) is 14.9 Å².